The van der Waals surface area contributed by atoms with E-state index in [1.54, 1.807) is 24.8 Å². The van der Waals surface area contributed by atoms with Crippen LogP contribution in [-0.2, 0) is 35.6 Å². The highest BCUT2D eigenvalue weighted by molar-refractivity contribution is 5.88. The number of urea groups is 1. The van der Waals surface area contributed by atoms with Crippen LogP contribution in [0.15, 0.2) is 66.7 Å². The highest BCUT2D eigenvalue weighted by Crippen LogP contribution is 2.26. The molecule has 0 spiro atoms. The molecule has 3 aromatic rings. The minimum absolute atomic E-state index is 0.0640. The van der Waals surface area contributed by atoms with Crippen molar-refractivity contribution in [2.45, 2.75) is 64.8 Å². The highest BCUT2D eigenvalue weighted by atomic mass is 19.1. The molecule has 0 radical (unpaired) electrons. The summed E-state index contributed by atoms with van der Waals surface area (Å²) in [4.78, 5) is 39.9. The molecule has 8 nitrogen and oxygen atoms in total. The molecule has 4 amide bonds. The molecule has 3 aromatic carbocycles. The Morgan fingerprint density at radius 1 is 1.02 bits per heavy atom. The van der Waals surface area contributed by atoms with Crippen LogP contribution in [0.4, 0.5) is 9.18 Å². The molecule has 0 bridgehead atoms. The number of nitrogens with one attached hydrogen (secondary N) is 3. The zero-order valence-corrected chi connectivity index (χ0v) is 23.8. The lowest BCUT2D eigenvalue weighted by atomic mass is 9.98. The Bertz CT molecular complexity index is 1400. The van der Waals surface area contributed by atoms with Gasteiger partial charge in [0.15, 0.2) is 0 Å². The predicted octanol–water partition coefficient (Wildman–Crippen LogP) is 4.01. The molecule has 0 aliphatic carbocycles. The van der Waals surface area contributed by atoms with Crippen molar-refractivity contribution >= 4 is 17.8 Å². The fourth-order valence-electron chi connectivity index (χ4n) is 5.02. The number of amides is 4. The van der Waals surface area contributed by atoms with Crippen LogP contribution in [0.2, 0.25) is 0 Å². The summed E-state index contributed by atoms with van der Waals surface area (Å²) < 4.78 is 14.1. The summed E-state index contributed by atoms with van der Waals surface area (Å²) in [6.07, 6.45) is 0.272. The number of benzene rings is 3. The van der Waals surface area contributed by atoms with Crippen molar-refractivity contribution in [1.29, 1.82) is 0 Å². The second-order valence-corrected chi connectivity index (χ2v) is 11.2. The minimum Gasteiger partial charge on any atom is -0.344 e. The van der Waals surface area contributed by atoms with Crippen molar-refractivity contribution in [3.8, 4) is 11.1 Å². The van der Waals surface area contributed by atoms with Gasteiger partial charge in [-0.15, -0.1) is 0 Å². The third-order valence-electron chi connectivity index (χ3n) is 6.95. The molecule has 1 heterocycles. The van der Waals surface area contributed by atoms with Gasteiger partial charge >= 0.3 is 6.03 Å². The van der Waals surface area contributed by atoms with Gasteiger partial charge < -0.3 is 26.6 Å². The molecular weight excluding hydrogens is 521 g/mol. The van der Waals surface area contributed by atoms with Gasteiger partial charge in [0.2, 0.25) is 11.8 Å². The second-order valence-electron chi connectivity index (χ2n) is 11.2. The summed E-state index contributed by atoms with van der Waals surface area (Å²) in [5.41, 5.74) is 10.7. The number of hydrogen-bond acceptors (Lipinski definition) is 4. The average Bonchev–Trinajstić information content (AvgIpc) is 3.03. The largest absolute Gasteiger partial charge is 0.344 e. The van der Waals surface area contributed by atoms with Gasteiger partial charge in [-0.1, -0.05) is 54.6 Å². The molecule has 4 rings (SSSR count). The molecule has 41 heavy (non-hydrogen) atoms. The van der Waals surface area contributed by atoms with Crippen molar-refractivity contribution in [3.05, 3.63) is 94.8 Å². The Labute approximate surface area is 240 Å². The molecule has 5 N–H and O–H groups in total. The molecule has 0 saturated heterocycles. The molecule has 1 aliphatic rings. The second kappa shape index (κ2) is 13.0. The van der Waals surface area contributed by atoms with Crippen LogP contribution in [0.5, 0.6) is 0 Å². The first-order chi connectivity index (χ1) is 19.5. The van der Waals surface area contributed by atoms with E-state index in [2.05, 4.69) is 16.0 Å². The van der Waals surface area contributed by atoms with E-state index in [0.29, 0.717) is 31.7 Å². The molecule has 1 atom stereocenters. The average molecular weight is 560 g/mol. The van der Waals surface area contributed by atoms with E-state index in [-0.39, 0.29) is 36.5 Å². The number of halogens is 1. The first-order valence-electron chi connectivity index (χ1n) is 13.9. The van der Waals surface area contributed by atoms with Crippen molar-refractivity contribution in [3.63, 3.8) is 0 Å². The summed E-state index contributed by atoms with van der Waals surface area (Å²) in [5.74, 6) is -0.925. The van der Waals surface area contributed by atoms with Gasteiger partial charge in [-0.3, -0.25) is 9.59 Å². The summed E-state index contributed by atoms with van der Waals surface area (Å²) in [6, 6.07) is 19.3. The van der Waals surface area contributed by atoms with Crippen molar-refractivity contribution in [2.24, 2.45) is 5.73 Å². The summed E-state index contributed by atoms with van der Waals surface area (Å²) >= 11 is 0. The summed E-state index contributed by atoms with van der Waals surface area (Å²) in [7, 11) is 0. The maximum atomic E-state index is 14.1. The van der Waals surface area contributed by atoms with Crippen LogP contribution >= 0.6 is 0 Å². The van der Waals surface area contributed by atoms with Gasteiger partial charge in [0.05, 0.1) is 0 Å². The molecule has 0 fully saturated rings. The van der Waals surface area contributed by atoms with Gasteiger partial charge in [0.1, 0.15) is 11.9 Å². The van der Waals surface area contributed by atoms with Crippen LogP contribution in [0.25, 0.3) is 11.1 Å². The number of nitrogens with zero attached hydrogens (tertiary/aromatic N) is 1. The van der Waals surface area contributed by atoms with Gasteiger partial charge in [0.25, 0.3) is 0 Å². The normalized spacial score (nSPS) is 15.1. The first kappa shape index (κ1) is 29.7. The number of rotatable bonds is 9. The SMILES string of the molecule is CCNC(=O)NCc1ccccc1-c1ccc(CN2Cc3ccc(F)cc3C[C@@H](NC(=O)CC(C)(C)N)C2=O)cc1. The Hall–Kier alpha value is -4.24. The molecule has 0 aromatic heterocycles. The fourth-order valence-corrected chi connectivity index (χ4v) is 5.02. The number of fused-ring (bicyclic) bond motifs is 1. The Morgan fingerprint density at radius 2 is 1.76 bits per heavy atom. The van der Waals surface area contributed by atoms with Gasteiger partial charge in [0, 0.05) is 44.6 Å². The molecule has 9 heteroatoms. The van der Waals surface area contributed by atoms with Gasteiger partial charge in [-0.25, -0.2) is 9.18 Å². The van der Waals surface area contributed by atoms with Crippen LogP contribution in [0.3, 0.4) is 0 Å². The zero-order valence-electron chi connectivity index (χ0n) is 23.8. The van der Waals surface area contributed by atoms with Crippen molar-refractivity contribution < 1.29 is 18.8 Å². The summed E-state index contributed by atoms with van der Waals surface area (Å²) in [6.45, 7) is 6.94. The summed E-state index contributed by atoms with van der Waals surface area (Å²) in [5, 5.41) is 8.44. The maximum Gasteiger partial charge on any atom is 0.315 e. The minimum atomic E-state index is -0.823. The van der Waals surface area contributed by atoms with E-state index < -0.39 is 11.6 Å². The first-order valence-corrected chi connectivity index (χ1v) is 13.9. The molecule has 0 unspecified atom stereocenters. The predicted molar refractivity (Wildman–Crippen MR) is 157 cm³/mol. The van der Waals surface area contributed by atoms with E-state index >= 15 is 0 Å². The molecule has 216 valence electrons. The molecular formula is C32H38FN5O3. The van der Waals surface area contributed by atoms with Gasteiger partial charge in [-0.2, -0.15) is 0 Å². The third-order valence-corrected chi connectivity index (χ3v) is 6.95. The topological polar surface area (TPSA) is 117 Å². The van der Waals surface area contributed by atoms with E-state index in [9.17, 15) is 18.8 Å². The van der Waals surface area contributed by atoms with Gasteiger partial charge in [-0.05, 0) is 66.3 Å². The van der Waals surface area contributed by atoms with E-state index in [1.807, 2.05) is 55.5 Å². The highest BCUT2D eigenvalue weighted by Gasteiger charge is 2.32. The maximum absolute atomic E-state index is 14.1. The van der Waals surface area contributed by atoms with Crippen LogP contribution in [-0.4, -0.2) is 40.9 Å². The van der Waals surface area contributed by atoms with Crippen LogP contribution in [0, 0.1) is 5.82 Å². The number of hydrogen-bond donors (Lipinski definition) is 4. The Balaban J connectivity index is 1.53. The Kier molecular flexibility index (Phi) is 9.39. The van der Waals surface area contributed by atoms with Crippen molar-refractivity contribution in [2.75, 3.05) is 6.54 Å². The standard InChI is InChI=1S/C32H38FN5O3/c1-4-35-31(41)36-18-23-7-5-6-8-27(23)22-11-9-21(10-12-22)19-38-20-24-13-14-26(33)15-25(24)16-28(30(38)40)37-29(39)17-32(2,3)34/h5-15,28H,4,16-20,34H2,1-3H3,(H,37,39)(H2,35,36,41)/t28-/m1/s1. The molecule has 0 saturated carbocycles. The number of carbonyl (C=O) groups is 3. The van der Waals surface area contributed by atoms with E-state index in [1.165, 1.54) is 12.1 Å². The van der Waals surface area contributed by atoms with Crippen LogP contribution < -0.4 is 21.7 Å². The quantitative estimate of drug-likeness (QED) is 0.317. The third kappa shape index (κ3) is 8.14. The zero-order chi connectivity index (χ0) is 29.6. The molecule has 1 aliphatic heterocycles. The number of carbonyl (C=O) groups excluding carboxylic acids is 3. The van der Waals surface area contributed by atoms with E-state index in [4.69, 9.17) is 5.73 Å². The Morgan fingerprint density at radius 3 is 2.46 bits per heavy atom. The lowest BCUT2D eigenvalue weighted by molar-refractivity contribution is -0.137. The monoisotopic (exact) mass is 559 g/mol. The number of nitrogens with two attached hydrogens (primary N) is 1. The lowest BCUT2D eigenvalue weighted by Gasteiger charge is -2.26. The fraction of sp³-hybridized carbons (Fsp3) is 0.344. The van der Waals surface area contributed by atoms with Crippen molar-refractivity contribution in [1.82, 2.24) is 20.9 Å². The van der Waals surface area contributed by atoms with E-state index in [0.717, 1.165) is 27.8 Å². The smallest absolute Gasteiger partial charge is 0.315 e. The lowest BCUT2D eigenvalue weighted by Crippen LogP contribution is -2.50. The van der Waals surface area contributed by atoms with Crippen LogP contribution in [0.1, 0.15) is 49.4 Å².